The number of carbonyl (C=O) groups is 4. The van der Waals surface area contributed by atoms with Gasteiger partial charge in [-0.3, -0.25) is 29.3 Å². The van der Waals surface area contributed by atoms with Gasteiger partial charge in [-0.1, -0.05) is 6.07 Å². The van der Waals surface area contributed by atoms with E-state index in [1.807, 2.05) is 0 Å². The molecule has 33 heavy (non-hydrogen) atoms. The number of ether oxygens (including phenoxy) is 6. The van der Waals surface area contributed by atoms with E-state index < -0.39 is 66.1 Å². The molecule has 2 rings (SSSR count). The van der Waals surface area contributed by atoms with E-state index in [9.17, 15) is 29.3 Å². The Morgan fingerprint density at radius 3 is 2.03 bits per heavy atom. The summed E-state index contributed by atoms with van der Waals surface area (Å²) < 4.78 is 32.2. The Morgan fingerprint density at radius 1 is 0.909 bits per heavy atom. The molecule has 0 N–H and O–H groups in total. The molecule has 180 valence electrons. The van der Waals surface area contributed by atoms with Gasteiger partial charge in [0.1, 0.15) is 18.5 Å². The zero-order valence-electron chi connectivity index (χ0n) is 18.2. The fraction of sp³-hybridized carbons (Fsp3) is 0.500. The number of benzene rings is 1. The van der Waals surface area contributed by atoms with Crippen molar-refractivity contribution in [2.24, 2.45) is 0 Å². The van der Waals surface area contributed by atoms with Gasteiger partial charge in [-0.15, -0.1) is 0 Å². The fourth-order valence-electron chi connectivity index (χ4n) is 3.09. The van der Waals surface area contributed by atoms with Crippen LogP contribution in [0.1, 0.15) is 27.7 Å². The van der Waals surface area contributed by atoms with Crippen molar-refractivity contribution in [2.45, 2.75) is 58.4 Å². The standard InChI is InChI=1S/C20H23NO12/c1-10(22)28-9-16-17(29-11(2)23)18(30-12(3)24)19(31-13(4)25)20(33-16)32-15-7-5-6-14(8-15)21(26)27/h5-8,16-20H,9H2,1-4H3/t16-,17-,18+,19+,20+/m1/s1. The Balaban J connectivity index is 2.47. The van der Waals surface area contributed by atoms with Gasteiger partial charge in [0.25, 0.3) is 5.69 Å². The first-order valence-corrected chi connectivity index (χ1v) is 9.69. The summed E-state index contributed by atoms with van der Waals surface area (Å²) in [5, 5.41) is 11.1. The van der Waals surface area contributed by atoms with Gasteiger partial charge in [0.15, 0.2) is 12.2 Å². The summed E-state index contributed by atoms with van der Waals surface area (Å²) in [6, 6.07) is 5.09. The molecule has 0 aliphatic carbocycles. The van der Waals surface area contributed by atoms with Gasteiger partial charge in [0, 0.05) is 33.8 Å². The van der Waals surface area contributed by atoms with Crippen molar-refractivity contribution in [3.8, 4) is 5.75 Å². The van der Waals surface area contributed by atoms with Crippen LogP contribution in [0.25, 0.3) is 0 Å². The Bertz CT molecular complexity index is 916. The lowest BCUT2D eigenvalue weighted by atomic mass is 9.98. The zero-order valence-corrected chi connectivity index (χ0v) is 18.2. The maximum absolute atomic E-state index is 11.8. The molecule has 0 spiro atoms. The van der Waals surface area contributed by atoms with Crippen molar-refractivity contribution >= 4 is 29.6 Å². The second kappa shape index (κ2) is 11.2. The van der Waals surface area contributed by atoms with Crippen LogP contribution in [-0.2, 0) is 42.9 Å². The van der Waals surface area contributed by atoms with Crippen LogP contribution in [0.2, 0.25) is 0 Å². The van der Waals surface area contributed by atoms with Gasteiger partial charge < -0.3 is 28.4 Å². The molecule has 0 amide bonds. The number of nitro benzene ring substituents is 1. The summed E-state index contributed by atoms with van der Waals surface area (Å²) in [6.07, 6.45) is -6.86. The lowest BCUT2D eigenvalue weighted by Crippen LogP contribution is -2.63. The van der Waals surface area contributed by atoms with E-state index in [0.717, 1.165) is 33.8 Å². The Labute approximate surface area is 188 Å². The van der Waals surface area contributed by atoms with Gasteiger partial charge in [-0.2, -0.15) is 0 Å². The fourth-order valence-corrected chi connectivity index (χ4v) is 3.09. The monoisotopic (exact) mass is 469 g/mol. The second-order valence-corrected chi connectivity index (χ2v) is 6.94. The topological polar surface area (TPSA) is 167 Å². The van der Waals surface area contributed by atoms with Gasteiger partial charge in [0.2, 0.25) is 12.4 Å². The summed E-state index contributed by atoms with van der Waals surface area (Å²) in [5.41, 5.74) is -0.280. The molecule has 1 aromatic carbocycles. The number of hydrogen-bond donors (Lipinski definition) is 0. The van der Waals surface area contributed by atoms with Crippen molar-refractivity contribution in [1.82, 2.24) is 0 Å². The molecule has 1 saturated heterocycles. The number of hydrogen-bond acceptors (Lipinski definition) is 12. The molecule has 5 atom stereocenters. The molecular formula is C20H23NO12. The van der Waals surface area contributed by atoms with E-state index >= 15 is 0 Å². The predicted octanol–water partition coefficient (Wildman–Crippen LogP) is 1.06. The Kier molecular flexibility index (Phi) is 8.68. The van der Waals surface area contributed by atoms with Crippen molar-refractivity contribution in [3.63, 3.8) is 0 Å². The molecule has 0 bridgehead atoms. The summed E-state index contributed by atoms with van der Waals surface area (Å²) in [5.74, 6) is -3.05. The minimum atomic E-state index is -1.48. The molecular weight excluding hydrogens is 446 g/mol. The number of rotatable bonds is 8. The van der Waals surface area contributed by atoms with Crippen LogP contribution in [0.4, 0.5) is 5.69 Å². The molecule has 13 nitrogen and oxygen atoms in total. The minimum Gasteiger partial charge on any atom is -0.463 e. The SMILES string of the molecule is CC(=O)OC[C@H]1O[C@H](Oc2cccc([N+](=O)[O-])c2)[C@@H](OC(C)=O)[C@@H](OC(C)=O)[C@@H]1OC(C)=O. The number of nitrogens with zero attached hydrogens (tertiary/aromatic N) is 1. The minimum absolute atomic E-state index is 0.0231. The van der Waals surface area contributed by atoms with Crippen LogP contribution in [0.5, 0.6) is 5.75 Å². The summed E-state index contributed by atoms with van der Waals surface area (Å²) in [7, 11) is 0. The van der Waals surface area contributed by atoms with Crippen molar-refractivity contribution in [3.05, 3.63) is 34.4 Å². The smallest absolute Gasteiger partial charge is 0.303 e. The average Bonchev–Trinajstić information content (AvgIpc) is 2.70. The highest BCUT2D eigenvalue weighted by Gasteiger charge is 2.53. The first kappa shape index (κ1) is 25.5. The maximum Gasteiger partial charge on any atom is 0.303 e. The van der Waals surface area contributed by atoms with Crippen LogP contribution in [0.15, 0.2) is 24.3 Å². The number of non-ortho nitro benzene ring substituents is 1. The number of esters is 4. The summed E-state index contributed by atoms with van der Waals surface area (Å²) in [6.45, 7) is 3.99. The molecule has 1 aliphatic heterocycles. The zero-order chi connectivity index (χ0) is 24.7. The van der Waals surface area contributed by atoms with Crippen LogP contribution in [-0.4, -0.2) is 66.1 Å². The van der Waals surface area contributed by atoms with Crippen molar-refractivity contribution in [1.29, 1.82) is 0 Å². The lowest BCUT2D eigenvalue weighted by molar-refractivity contribution is -0.385. The molecule has 0 radical (unpaired) electrons. The van der Waals surface area contributed by atoms with E-state index in [-0.39, 0.29) is 11.4 Å². The van der Waals surface area contributed by atoms with Crippen molar-refractivity contribution < 1.29 is 52.5 Å². The highest BCUT2D eigenvalue weighted by atomic mass is 16.7. The van der Waals surface area contributed by atoms with Crippen molar-refractivity contribution in [2.75, 3.05) is 6.61 Å². The number of carbonyl (C=O) groups excluding carboxylic acids is 4. The third-order valence-electron chi connectivity index (χ3n) is 4.23. The predicted molar refractivity (Wildman–Crippen MR) is 106 cm³/mol. The second-order valence-electron chi connectivity index (χ2n) is 6.94. The molecule has 0 aromatic heterocycles. The Hall–Kier alpha value is -3.74. The van der Waals surface area contributed by atoms with Crippen LogP contribution in [0, 0.1) is 10.1 Å². The molecule has 0 saturated carbocycles. The third kappa shape index (κ3) is 7.42. The number of nitro groups is 1. The molecule has 1 heterocycles. The normalized spacial score (nSPS) is 24.2. The highest BCUT2D eigenvalue weighted by molar-refractivity contribution is 5.68. The summed E-state index contributed by atoms with van der Waals surface area (Å²) in [4.78, 5) is 57.0. The largest absolute Gasteiger partial charge is 0.463 e. The Morgan fingerprint density at radius 2 is 1.48 bits per heavy atom. The van der Waals surface area contributed by atoms with Crippen LogP contribution >= 0.6 is 0 Å². The van der Waals surface area contributed by atoms with E-state index in [1.54, 1.807) is 0 Å². The van der Waals surface area contributed by atoms with E-state index in [4.69, 9.17) is 28.4 Å². The van der Waals surface area contributed by atoms with Gasteiger partial charge >= 0.3 is 23.9 Å². The third-order valence-corrected chi connectivity index (χ3v) is 4.23. The van der Waals surface area contributed by atoms with Gasteiger partial charge in [0.05, 0.1) is 11.0 Å². The molecule has 1 aliphatic rings. The average molecular weight is 469 g/mol. The van der Waals surface area contributed by atoms with E-state index in [0.29, 0.717) is 0 Å². The highest BCUT2D eigenvalue weighted by Crippen LogP contribution is 2.31. The first-order chi connectivity index (χ1) is 15.5. The molecule has 1 aromatic rings. The maximum atomic E-state index is 11.8. The van der Waals surface area contributed by atoms with Gasteiger partial charge in [-0.05, 0) is 6.07 Å². The van der Waals surface area contributed by atoms with E-state index in [1.165, 1.54) is 18.2 Å². The van der Waals surface area contributed by atoms with Gasteiger partial charge in [-0.25, -0.2) is 0 Å². The quantitative estimate of drug-likeness (QED) is 0.230. The molecule has 1 fully saturated rings. The van der Waals surface area contributed by atoms with Crippen LogP contribution in [0.3, 0.4) is 0 Å². The lowest BCUT2D eigenvalue weighted by Gasteiger charge is -2.43. The molecule has 0 unspecified atom stereocenters. The van der Waals surface area contributed by atoms with Crippen LogP contribution < -0.4 is 4.74 Å². The summed E-state index contributed by atoms with van der Waals surface area (Å²) >= 11 is 0. The van der Waals surface area contributed by atoms with E-state index in [2.05, 4.69) is 0 Å². The molecule has 13 heteroatoms. The first-order valence-electron chi connectivity index (χ1n) is 9.69.